The van der Waals surface area contributed by atoms with Gasteiger partial charge in [-0.25, -0.2) is 9.37 Å². The summed E-state index contributed by atoms with van der Waals surface area (Å²) in [5.74, 6) is -0.317. The van der Waals surface area contributed by atoms with Crippen LogP contribution in [0.3, 0.4) is 0 Å². The molecule has 94 valence electrons. The van der Waals surface area contributed by atoms with E-state index in [1.54, 1.807) is 19.1 Å². The lowest BCUT2D eigenvalue weighted by Gasteiger charge is -1.97. The molecular formula is C13H12FNO3. The van der Waals surface area contributed by atoms with Gasteiger partial charge in [0, 0.05) is 5.56 Å². The molecule has 0 aliphatic rings. The molecule has 2 aromatic rings. The molecule has 0 aliphatic carbocycles. The van der Waals surface area contributed by atoms with Crippen molar-refractivity contribution in [1.29, 1.82) is 0 Å². The largest absolute Gasteiger partial charge is 0.466 e. The van der Waals surface area contributed by atoms with E-state index in [-0.39, 0.29) is 18.2 Å². The molecule has 0 saturated heterocycles. The van der Waals surface area contributed by atoms with Crippen LogP contribution in [0.5, 0.6) is 0 Å². The maximum Gasteiger partial charge on any atom is 0.311 e. The Hall–Kier alpha value is -2.17. The van der Waals surface area contributed by atoms with E-state index in [1.807, 2.05) is 0 Å². The number of esters is 1. The van der Waals surface area contributed by atoms with E-state index < -0.39 is 0 Å². The van der Waals surface area contributed by atoms with Crippen LogP contribution in [0.15, 0.2) is 34.9 Å². The number of carbonyl (C=O) groups is 1. The third-order valence-electron chi connectivity index (χ3n) is 2.27. The minimum atomic E-state index is -0.351. The van der Waals surface area contributed by atoms with Gasteiger partial charge in [-0.2, -0.15) is 0 Å². The van der Waals surface area contributed by atoms with E-state index >= 15 is 0 Å². The summed E-state index contributed by atoms with van der Waals surface area (Å²) in [6, 6.07) is 5.78. The molecule has 1 aromatic heterocycles. The van der Waals surface area contributed by atoms with Crippen LogP contribution >= 0.6 is 0 Å². The number of halogens is 1. The van der Waals surface area contributed by atoms with Crippen molar-refractivity contribution in [3.05, 3.63) is 42.0 Å². The van der Waals surface area contributed by atoms with Crippen molar-refractivity contribution in [2.24, 2.45) is 0 Å². The van der Waals surface area contributed by atoms with Crippen LogP contribution in [0, 0.1) is 5.82 Å². The molecule has 1 aromatic carbocycles. The van der Waals surface area contributed by atoms with Crippen molar-refractivity contribution < 1.29 is 18.3 Å². The fraction of sp³-hybridized carbons (Fsp3) is 0.231. The second-order valence-corrected chi connectivity index (χ2v) is 3.63. The number of nitrogens with zero attached hydrogens (tertiary/aromatic N) is 1. The molecule has 0 fully saturated rings. The molecule has 4 nitrogen and oxygen atoms in total. The highest BCUT2D eigenvalue weighted by Gasteiger charge is 2.10. The lowest BCUT2D eigenvalue weighted by Crippen LogP contribution is -2.07. The first kappa shape index (κ1) is 12.3. The highest BCUT2D eigenvalue weighted by Crippen LogP contribution is 2.19. The van der Waals surface area contributed by atoms with Crippen molar-refractivity contribution in [2.75, 3.05) is 6.61 Å². The van der Waals surface area contributed by atoms with E-state index in [0.717, 1.165) is 0 Å². The van der Waals surface area contributed by atoms with Gasteiger partial charge in [0.05, 0.1) is 18.7 Å². The second kappa shape index (κ2) is 5.44. The van der Waals surface area contributed by atoms with Gasteiger partial charge in [0.15, 0.2) is 0 Å². The monoisotopic (exact) mass is 249 g/mol. The lowest BCUT2D eigenvalue weighted by molar-refractivity contribution is -0.142. The van der Waals surface area contributed by atoms with Crippen LogP contribution in [0.25, 0.3) is 11.5 Å². The number of aromatic nitrogens is 1. The zero-order chi connectivity index (χ0) is 13.0. The molecule has 5 heteroatoms. The predicted octanol–water partition coefficient (Wildman–Crippen LogP) is 2.59. The van der Waals surface area contributed by atoms with Crippen molar-refractivity contribution in [1.82, 2.24) is 4.98 Å². The summed E-state index contributed by atoms with van der Waals surface area (Å²) < 4.78 is 22.8. The van der Waals surface area contributed by atoms with Crippen LogP contribution in [-0.2, 0) is 16.0 Å². The van der Waals surface area contributed by atoms with Crippen molar-refractivity contribution in [3.8, 4) is 11.5 Å². The van der Waals surface area contributed by atoms with Crippen molar-refractivity contribution in [3.63, 3.8) is 0 Å². The summed E-state index contributed by atoms with van der Waals surface area (Å²) in [5, 5.41) is 0. The number of carbonyl (C=O) groups excluding carboxylic acids is 1. The summed E-state index contributed by atoms with van der Waals surface area (Å²) in [6.07, 6.45) is 1.47. The molecule has 1 heterocycles. The van der Waals surface area contributed by atoms with Gasteiger partial charge in [-0.15, -0.1) is 0 Å². The number of hydrogen-bond donors (Lipinski definition) is 0. The summed E-state index contributed by atoms with van der Waals surface area (Å²) in [6.45, 7) is 2.08. The number of rotatable bonds is 4. The van der Waals surface area contributed by atoms with E-state index in [1.165, 1.54) is 18.4 Å². The predicted molar refractivity (Wildman–Crippen MR) is 62.2 cm³/mol. The van der Waals surface area contributed by atoms with Gasteiger partial charge in [-0.05, 0) is 31.2 Å². The normalized spacial score (nSPS) is 10.3. The zero-order valence-electron chi connectivity index (χ0n) is 9.85. The van der Waals surface area contributed by atoms with Gasteiger partial charge in [-0.1, -0.05) is 0 Å². The van der Waals surface area contributed by atoms with E-state index in [0.29, 0.717) is 23.8 Å². The van der Waals surface area contributed by atoms with Crippen LogP contribution in [-0.4, -0.2) is 17.6 Å². The SMILES string of the molecule is CCOC(=O)Cc1coc(-c2ccc(F)cc2)n1. The van der Waals surface area contributed by atoms with Crippen LogP contribution in [0.1, 0.15) is 12.6 Å². The molecule has 0 aliphatic heterocycles. The van der Waals surface area contributed by atoms with Gasteiger partial charge < -0.3 is 9.15 Å². The summed E-state index contributed by atoms with van der Waals surface area (Å²) in [5.41, 5.74) is 1.15. The Bertz CT molecular complexity index is 533. The summed E-state index contributed by atoms with van der Waals surface area (Å²) in [7, 11) is 0. The molecule has 0 spiro atoms. The van der Waals surface area contributed by atoms with Gasteiger partial charge in [0.25, 0.3) is 0 Å². The van der Waals surface area contributed by atoms with Gasteiger partial charge in [0.1, 0.15) is 12.1 Å². The molecule has 0 radical (unpaired) electrons. The van der Waals surface area contributed by atoms with E-state index in [4.69, 9.17) is 9.15 Å². The average Bonchev–Trinajstić information content (AvgIpc) is 2.78. The molecule has 18 heavy (non-hydrogen) atoms. The third kappa shape index (κ3) is 2.94. The Kier molecular flexibility index (Phi) is 3.72. The minimum Gasteiger partial charge on any atom is -0.466 e. The quantitative estimate of drug-likeness (QED) is 0.781. The number of hydrogen-bond acceptors (Lipinski definition) is 4. The highest BCUT2D eigenvalue weighted by molar-refractivity contribution is 5.72. The van der Waals surface area contributed by atoms with Crippen molar-refractivity contribution >= 4 is 5.97 Å². The number of oxazole rings is 1. The maximum absolute atomic E-state index is 12.8. The molecule has 0 saturated carbocycles. The fourth-order valence-electron chi connectivity index (χ4n) is 1.47. The first-order valence-corrected chi connectivity index (χ1v) is 5.55. The van der Waals surface area contributed by atoms with Crippen LogP contribution < -0.4 is 0 Å². The Balaban J connectivity index is 2.10. The number of ether oxygens (including phenoxy) is 1. The van der Waals surface area contributed by atoms with Gasteiger partial charge >= 0.3 is 5.97 Å². The fourth-order valence-corrected chi connectivity index (χ4v) is 1.47. The lowest BCUT2D eigenvalue weighted by atomic mass is 10.2. The van der Waals surface area contributed by atoms with E-state index in [2.05, 4.69) is 4.98 Å². The Morgan fingerprint density at radius 1 is 1.39 bits per heavy atom. The standard InChI is InChI=1S/C13H12FNO3/c1-2-17-12(16)7-11-8-18-13(15-11)9-3-5-10(14)6-4-9/h3-6,8H,2,7H2,1H3. The Morgan fingerprint density at radius 3 is 2.78 bits per heavy atom. The Labute approximate surface area is 103 Å². The minimum absolute atomic E-state index is 0.0680. The molecular weight excluding hydrogens is 237 g/mol. The molecule has 2 rings (SSSR count). The Morgan fingerprint density at radius 2 is 2.11 bits per heavy atom. The van der Waals surface area contributed by atoms with Gasteiger partial charge in [0.2, 0.25) is 5.89 Å². The smallest absolute Gasteiger partial charge is 0.311 e. The summed E-state index contributed by atoms with van der Waals surface area (Å²) >= 11 is 0. The number of benzene rings is 1. The second-order valence-electron chi connectivity index (χ2n) is 3.63. The van der Waals surface area contributed by atoms with Gasteiger partial charge in [-0.3, -0.25) is 4.79 Å². The first-order valence-electron chi connectivity index (χ1n) is 5.55. The van der Waals surface area contributed by atoms with Crippen molar-refractivity contribution in [2.45, 2.75) is 13.3 Å². The summed E-state index contributed by atoms with van der Waals surface area (Å²) in [4.78, 5) is 15.4. The average molecular weight is 249 g/mol. The third-order valence-corrected chi connectivity index (χ3v) is 2.27. The van der Waals surface area contributed by atoms with Crippen LogP contribution in [0.4, 0.5) is 4.39 Å². The zero-order valence-corrected chi connectivity index (χ0v) is 9.85. The van der Waals surface area contributed by atoms with E-state index in [9.17, 15) is 9.18 Å². The maximum atomic E-state index is 12.8. The molecule has 0 unspecified atom stereocenters. The highest BCUT2D eigenvalue weighted by atomic mass is 19.1. The topological polar surface area (TPSA) is 52.3 Å². The molecule has 0 atom stereocenters. The van der Waals surface area contributed by atoms with Crippen LogP contribution in [0.2, 0.25) is 0 Å². The molecule has 0 N–H and O–H groups in total. The molecule has 0 amide bonds. The first-order chi connectivity index (χ1) is 8.69. The molecule has 0 bridgehead atoms.